The van der Waals surface area contributed by atoms with Gasteiger partial charge in [0.15, 0.2) is 0 Å². The average molecular weight is 623 g/mol. The minimum Gasteiger partial charge on any atom is -0.406 e. The summed E-state index contributed by atoms with van der Waals surface area (Å²) >= 11 is 1.29. The van der Waals surface area contributed by atoms with E-state index in [1.165, 1.54) is 29.5 Å². The standard InChI is InChI=1S/C24H16F6N2O5S3/c25-23(26,27)16-3-1-4-19(14-16)40(35,36)32-21-13-15(22-5-2-12-38-22)6-11-20(21)31-39(33,34)18-9-7-17(8-10-18)37-24(28,29)30/h1-14,31-32H. The number of rotatable bonds is 8. The van der Waals surface area contributed by atoms with Gasteiger partial charge in [0, 0.05) is 4.88 Å². The van der Waals surface area contributed by atoms with Crippen molar-refractivity contribution in [2.75, 3.05) is 9.44 Å². The number of hydrogen-bond acceptors (Lipinski definition) is 6. The summed E-state index contributed by atoms with van der Waals surface area (Å²) in [6.07, 6.45) is -9.80. The number of halogens is 6. The van der Waals surface area contributed by atoms with E-state index in [-0.39, 0.29) is 11.4 Å². The molecule has 1 heterocycles. The van der Waals surface area contributed by atoms with Gasteiger partial charge in [-0.2, -0.15) is 13.2 Å². The number of hydrogen-bond donors (Lipinski definition) is 2. The zero-order valence-corrected chi connectivity index (χ0v) is 22.1. The van der Waals surface area contributed by atoms with E-state index in [4.69, 9.17) is 0 Å². The molecule has 40 heavy (non-hydrogen) atoms. The molecule has 0 atom stereocenters. The van der Waals surface area contributed by atoms with Gasteiger partial charge < -0.3 is 4.74 Å². The molecular formula is C24H16F6N2O5S3. The summed E-state index contributed by atoms with van der Waals surface area (Å²) in [5, 5.41) is 1.74. The summed E-state index contributed by atoms with van der Waals surface area (Å²) < 4.78 is 137. The Morgan fingerprint density at radius 2 is 1.32 bits per heavy atom. The largest absolute Gasteiger partial charge is 0.573 e. The molecule has 16 heteroatoms. The molecule has 0 spiro atoms. The van der Waals surface area contributed by atoms with Gasteiger partial charge >= 0.3 is 12.5 Å². The maximum absolute atomic E-state index is 13.2. The lowest BCUT2D eigenvalue weighted by atomic mass is 10.1. The highest BCUT2D eigenvalue weighted by Crippen LogP contribution is 2.35. The van der Waals surface area contributed by atoms with Gasteiger partial charge in [-0.05, 0) is 71.6 Å². The molecular weight excluding hydrogens is 606 g/mol. The summed E-state index contributed by atoms with van der Waals surface area (Å²) in [6, 6.07) is 13.6. The summed E-state index contributed by atoms with van der Waals surface area (Å²) in [7, 11) is -9.13. The predicted octanol–water partition coefficient (Wildman–Crippen LogP) is 6.93. The van der Waals surface area contributed by atoms with Crippen molar-refractivity contribution >= 4 is 42.8 Å². The Bertz CT molecular complexity index is 1720. The Kier molecular flexibility index (Phi) is 7.79. The third-order valence-corrected chi connectivity index (χ3v) is 8.82. The lowest BCUT2D eigenvalue weighted by molar-refractivity contribution is -0.274. The molecule has 0 saturated carbocycles. The number of thiophene rings is 1. The van der Waals surface area contributed by atoms with Crippen molar-refractivity contribution in [1.82, 2.24) is 0 Å². The smallest absolute Gasteiger partial charge is 0.406 e. The van der Waals surface area contributed by atoms with Crippen LogP contribution in [0, 0.1) is 0 Å². The van der Waals surface area contributed by atoms with Crippen LogP contribution in [0.4, 0.5) is 37.7 Å². The molecule has 4 aromatic rings. The zero-order chi connectivity index (χ0) is 29.3. The third-order valence-electron chi connectivity index (χ3n) is 5.15. The van der Waals surface area contributed by atoms with E-state index < -0.39 is 53.7 Å². The Balaban J connectivity index is 1.71. The van der Waals surface area contributed by atoms with Gasteiger partial charge in [0.1, 0.15) is 5.75 Å². The Labute approximate surface area is 228 Å². The lowest BCUT2D eigenvalue weighted by Crippen LogP contribution is -2.19. The van der Waals surface area contributed by atoms with Gasteiger partial charge in [-0.25, -0.2) is 16.8 Å². The first-order valence-electron chi connectivity index (χ1n) is 10.8. The van der Waals surface area contributed by atoms with E-state index in [9.17, 15) is 43.2 Å². The van der Waals surface area contributed by atoms with Crippen molar-refractivity contribution in [2.45, 2.75) is 22.3 Å². The highest BCUT2D eigenvalue weighted by atomic mass is 32.2. The number of sulfonamides is 2. The van der Waals surface area contributed by atoms with Crippen molar-refractivity contribution in [3.05, 3.63) is 89.8 Å². The van der Waals surface area contributed by atoms with E-state index >= 15 is 0 Å². The zero-order valence-electron chi connectivity index (χ0n) is 19.6. The predicted molar refractivity (Wildman–Crippen MR) is 136 cm³/mol. The van der Waals surface area contributed by atoms with Crippen LogP contribution in [-0.2, 0) is 26.2 Å². The van der Waals surface area contributed by atoms with Crippen LogP contribution in [0.2, 0.25) is 0 Å². The second-order valence-corrected chi connectivity index (χ2v) is 12.3. The molecule has 0 saturated heterocycles. The number of benzene rings is 3. The van der Waals surface area contributed by atoms with Gasteiger partial charge in [0.05, 0.1) is 26.7 Å². The number of ether oxygens (including phenoxy) is 1. The van der Waals surface area contributed by atoms with E-state index in [1.807, 2.05) is 0 Å². The van der Waals surface area contributed by atoms with E-state index in [2.05, 4.69) is 14.2 Å². The minimum absolute atomic E-state index is 0.300. The molecule has 0 aliphatic heterocycles. The second-order valence-electron chi connectivity index (χ2n) is 7.99. The van der Waals surface area contributed by atoms with Crippen molar-refractivity contribution < 1.29 is 47.9 Å². The molecule has 0 amide bonds. The minimum atomic E-state index is -4.99. The monoisotopic (exact) mass is 622 g/mol. The van der Waals surface area contributed by atoms with E-state index in [1.54, 1.807) is 17.5 Å². The van der Waals surface area contributed by atoms with Crippen LogP contribution < -0.4 is 14.2 Å². The fourth-order valence-corrected chi connectivity index (χ4v) is 6.30. The Morgan fingerprint density at radius 1 is 0.675 bits per heavy atom. The molecule has 0 aliphatic carbocycles. The fourth-order valence-electron chi connectivity index (χ4n) is 3.38. The van der Waals surface area contributed by atoms with Gasteiger partial charge in [-0.3, -0.25) is 9.44 Å². The molecule has 0 fully saturated rings. The lowest BCUT2D eigenvalue weighted by Gasteiger charge is -2.17. The van der Waals surface area contributed by atoms with Crippen LogP contribution in [-0.4, -0.2) is 23.2 Å². The molecule has 4 rings (SSSR count). The molecule has 0 unspecified atom stereocenters. The molecule has 7 nitrogen and oxygen atoms in total. The van der Waals surface area contributed by atoms with Crippen LogP contribution >= 0.6 is 11.3 Å². The fraction of sp³-hybridized carbons (Fsp3) is 0.0833. The van der Waals surface area contributed by atoms with Crippen LogP contribution in [0.1, 0.15) is 5.56 Å². The quantitative estimate of drug-likeness (QED) is 0.208. The van der Waals surface area contributed by atoms with Crippen LogP contribution in [0.3, 0.4) is 0 Å². The summed E-state index contributed by atoms with van der Waals surface area (Å²) in [5.74, 6) is -0.665. The normalized spacial score (nSPS) is 12.7. The topological polar surface area (TPSA) is 102 Å². The van der Waals surface area contributed by atoms with Crippen molar-refractivity contribution in [2.24, 2.45) is 0 Å². The first-order valence-corrected chi connectivity index (χ1v) is 14.6. The highest BCUT2D eigenvalue weighted by Gasteiger charge is 2.32. The van der Waals surface area contributed by atoms with Crippen LogP contribution in [0.15, 0.2) is 94.0 Å². The summed E-state index contributed by atoms with van der Waals surface area (Å²) in [5.41, 5.74) is -1.36. The highest BCUT2D eigenvalue weighted by molar-refractivity contribution is 7.93. The molecule has 0 aliphatic rings. The number of alkyl halides is 6. The van der Waals surface area contributed by atoms with Gasteiger partial charge in [0.25, 0.3) is 20.0 Å². The Morgan fingerprint density at radius 3 is 1.93 bits per heavy atom. The SMILES string of the molecule is O=S(=O)(Nc1ccc(-c2cccs2)cc1NS(=O)(=O)c1cccc(C(F)(F)F)c1)c1ccc(OC(F)(F)F)cc1. The third kappa shape index (κ3) is 7.05. The van der Waals surface area contributed by atoms with Crippen LogP contribution in [0.5, 0.6) is 5.75 Å². The maximum atomic E-state index is 13.2. The first-order chi connectivity index (χ1) is 18.5. The second kappa shape index (κ2) is 10.7. The average Bonchev–Trinajstić information content (AvgIpc) is 3.39. The van der Waals surface area contributed by atoms with E-state index in [0.717, 1.165) is 36.4 Å². The maximum Gasteiger partial charge on any atom is 0.573 e. The molecule has 0 bridgehead atoms. The van der Waals surface area contributed by atoms with Crippen LogP contribution in [0.25, 0.3) is 10.4 Å². The van der Waals surface area contributed by atoms with Gasteiger partial charge in [-0.1, -0.05) is 18.2 Å². The summed E-state index contributed by atoms with van der Waals surface area (Å²) in [4.78, 5) is -0.525. The van der Waals surface area contributed by atoms with Crippen molar-refractivity contribution in [3.8, 4) is 16.2 Å². The van der Waals surface area contributed by atoms with Crippen molar-refractivity contribution in [1.29, 1.82) is 0 Å². The molecule has 0 radical (unpaired) electrons. The van der Waals surface area contributed by atoms with Gasteiger partial charge in [-0.15, -0.1) is 24.5 Å². The molecule has 212 valence electrons. The molecule has 3 aromatic carbocycles. The van der Waals surface area contributed by atoms with E-state index in [0.29, 0.717) is 22.6 Å². The summed E-state index contributed by atoms with van der Waals surface area (Å²) in [6.45, 7) is 0. The number of nitrogens with one attached hydrogen (secondary N) is 2. The number of anilines is 2. The Hall–Kier alpha value is -3.76. The molecule has 1 aromatic heterocycles. The first kappa shape index (κ1) is 29.2. The molecule has 2 N–H and O–H groups in total. The van der Waals surface area contributed by atoms with Gasteiger partial charge in [0.2, 0.25) is 0 Å². The van der Waals surface area contributed by atoms with Crippen molar-refractivity contribution in [3.63, 3.8) is 0 Å².